The number of nitrogens with zero attached hydrogens (tertiary/aromatic N) is 4. The third-order valence-electron chi connectivity index (χ3n) is 4.11. The summed E-state index contributed by atoms with van der Waals surface area (Å²) >= 11 is 5.24. The molecule has 1 aliphatic heterocycles. The molecule has 9 heteroatoms. The van der Waals surface area contributed by atoms with Gasteiger partial charge >= 0.3 is 6.03 Å². The van der Waals surface area contributed by atoms with Gasteiger partial charge < -0.3 is 14.0 Å². The van der Waals surface area contributed by atoms with Crippen molar-refractivity contribution in [3.05, 3.63) is 22.4 Å². The molecule has 0 atom stereocenters. The summed E-state index contributed by atoms with van der Waals surface area (Å²) in [5.74, 6) is 2.42. The highest BCUT2D eigenvalue weighted by atomic mass is 32.1. The van der Waals surface area contributed by atoms with E-state index in [2.05, 4.69) is 27.6 Å². The van der Waals surface area contributed by atoms with Crippen LogP contribution in [0.1, 0.15) is 37.3 Å². The molecular weight excluding hydrogens is 316 g/mol. The topological polar surface area (TPSA) is 92.0 Å². The van der Waals surface area contributed by atoms with Gasteiger partial charge in [0.2, 0.25) is 0 Å². The minimum Gasteiger partial charge on any atom is -0.360 e. The predicted molar refractivity (Wildman–Crippen MR) is 86.9 cm³/mol. The van der Waals surface area contributed by atoms with Gasteiger partial charge in [0, 0.05) is 31.6 Å². The second-order valence-electron chi connectivity index (χ2n) is 5.65. The van der Waals surface area contributed by atoms with E-state index in [0.717, 1.165) is 25.2 Å². The Morgan fingerprint density at radius 1 is 1.52 bits per heavy atom. The number of nitrogens with one attached hydrogen (secondary N) is 2. The molecule has 0 radical (unpaired) electrons. The van der Waals surface area contributed by atoms with Crippen molar-refractivity contribution in [2.45, 2.75) is 39.2 Å². The van der Waals surface area contributed by atoms with E-state index in [1.165, 1.54) is 0 Å². The number of hydrogen-bond donors (Lipinski definition) is 2. The van der Waals surface area contributed by atoms with Crippen LogP contribution in [0.3, 0.4) is 0 Å². The summed E-state index contributed by atoms with van der Waals surface area (Å²) < 4.78 is 7.63. The number of aromatic amines is 1. The first-order chi connectivity index (χ1) is 11.1. The number of rotatable bonds is 3. The highest BCUT2D eigenvalue weighted by Crippen LogP contribution is 2.27. The van der Waals surface area contributed by atoms with Gasteiger partial charge in [-0.1, -0.05) is 5.16 Å². The Labute approximate surface area is 138 Å². The summed E-state index contributed by atoms with van der Waals surface area (Å²) in [7, 11) is 0. The van der Waals surface area contributed by atoms with Crippen molar-refractivity contribution in [3.8, 4) is 0 Å². The Hall–Kier alpha value is -2.16. The fraction of sp³-hybridized carbons (Fsp3) is 0.571. The lowest BCUT2D eigenvalue weighted by Crippen LogP contribution is -2.41. The molecule has 0 aromatic carbocycles. The Morgan fingerprint density at radius 3 is 2.87 bits per heavy atom. The number of H-pyrrole nitrogens is 1. The summed E-state index contributed by atoms with van der Waals surface area (Å²) in [4.78, 5) is 14.0. The molecule has 2 N–H and O–H groups in total. The van der Waals surface area contributed by atoms with Gasteiger partial charge in [0.25, 0.3) is 0 Å². The molecule has 2 aromatic rings. The largest absolute Gasteiger partial charge is 0.360 e. The smallest absolute Gasteiger partial charge is 0.323 e. The van der Waals surface area contributed by atoms with Gasteiger partial charge in [-0.2, -0.15) is 5.10 Å². The number of likely N-dealkylation sites (tertiary alicyclic amines) is 1. The third-order valence-corrected chi connectivity index (χ3v) is 4.43. The normalized spacial score (nSPS) is 15.8. The lowest BCUT2D eigenvalue weighted by Gasteiger charge is -2.31. The molecule has 1 saturated heterocycles. The van der Waals surface area contributed by atoms with E-state index in [1.54, 1.807) is 17.9 Å². The van der Waals surface area contributed by atoms with Crippen LogP contribution >= 0.6 is 12.2 Å². The minimum atomic E-state index is -0.147. The molecule has 23 heavy (non-hydrogen) atoms. The van der Waals surface area contributed by atoms with Crippen molar-refractivity contribution >= 4 is 24.1 Å². The van der Waals surface area contributed by atoms with Crippen LogP contribution in [0.5, 0.6) is 0 Å². The second kappa shape index (κ2) is 6.53. The lowest BCUT2D eigenvalue weighted by molar-refractivity contribution is 0.192. The maximum Gasteiger partial charge on any atom is 0.323 e. The zero-order valence-corrected chi connectivity index (χ0v) is 14.0. The molecular formula is C14H20N6O2S. The molecule has 3 heterocycles. The fourth-order valence-electron chi connectivity index (χ4n) is 2.90. The molecule has 8 nitrogen and oxygen atoms in total. The number of urea groups is 1. The van der Waals surface area contributed by atoms with E-state index in [-0.39, 0.29) is 6.03 Å². The van der Waals surface area contributed by atoms with E-state index in [4.69, 9.17) is 16.7 Å². The Morgan fingerprint density at radius 2 is 2.26 bits per heavy atom. The highest BCUT2D eigenvalue weighted by Gasteiger charge is 2.27. The minimum absolute atomic E-state index is 0.147. The molecule has 1 aliphatic rings. The number of amides is 2. The van der Waals surface area contributed by atoms with Gasteiger partial charge in [-0.05, 0) is 38.9 Å². The first-order valence-electron chi connectivity index (χ1n) is 7.72. The van der Waals surface area contributed by atoms with Crippen molar-refractivity contribution in [2.24, 2.45) is 0 Å². The highest BCUT2D eigenvalue weighted by molar-refractivity contribution is 7.71. The molecule has 1 fully saturated rings. The van der Waals surface area contributed by atoms with Crippen LogP contribution in [-0.2, 0) is 6.54 Å². The molecule has 0 saturated carbocycles. The summed E-state index contributed by atoms with van der Waals surface area (Å²) in [5.41, 5.74) is 0. The summed E-state index contributed by atoms with van der Waals surface area (Å²) in [6.07, 6.45) is 1.73. The second-order valence-corrected chi connectivity index (χ2v) is 6.03. The maximum absolute atomic E-state index is 12.2. The molecule has 3 rings (SSSR count). The predicted octanol–water partition coefficient (Wildman–Crippen LogP) is 2.67. The Kier molecular flexibility index (Phi) is 4.46. The van der Waals surface area contributed by atoms with Gasteiger partial charge in [0.05, 0.1) is 0 Å². The van der Waals surface area contributed by atoms with E-state index in [1.807, 2.05) is 4.57 Å². The SMILES string of the molecule is CCn1c(C2CCN(C(=O)Nc3cc(C)on3)CC2)n[nH]c1=S. The number of piperidine rings is 1. The van der Waals surface area contributed by atoms with E-state index >= 15 is 0 Å². The molecule has 0 bridgehead atoms. The summed E-state index contributed by atoms with van der Waals surface area (Å²) in [5, 5.41) is 13.7. The van der Waals surface area contributed by atoms with Gasteiger partial charge in [-0.25, -0.2) is 4.79 Å². The van der Waals surface area contributed by atoms with Crippen LogP contribution in [0.15, 0.2) is 10.6 Å². The zero-order chi connectivity index (χ0) is 16.4. The van der Waals surface area contributed by atoms with Crippen LogP contribution in [0.25, 0.3) is 0 Å². The molecule has 2 aromatic heterocycles. The molecule has 2 amide bonds. The zero-order valence-electron chi connectivity index (χ0n) is 13.2. The van der Waals surface area contributed by atoms with Gasteiger partial charge in [0.15, 0.2) is 10.6 Å². The first-order valence-corrected chi connectivity index (χ1v) is 8.13. The van der Waals surface area contributed by atoms with Crippen molar-refractivity contribution in [2.75, 3.05) is 18.4 Å². The average molecular weight is 336 g/mol. The first kappa shape index (κ1) is 15.7. The maximum atomic E-state index is 12.2. The van der Waals surface area contributed by atoms with E-state index in [9.17, 15) is 4.79 Å². The van der Waals surface area contributed by atoms with E-state index < -0.39 is 0 Å². The number of carbonyl (C=O) groups excluding carboxylic acids is 1. The Bertz CT molecular complexity index is 741. The molecule has 0 unspecified atom stereocenters. The van der Waals surface area contributed by atoms with Crippen molar-refractivity contribution in [3.63, 3.8) is 0 Å². The lowest BCUT2D eigenvalue weighted by atomic mass is 9.96. The Balaban J connectivity index is 1.59. The van der Waals surface area contributed by atoms with Crippen LogP contribution in [0, 0.1) is 11.7 Å². The third kappa shape index (κ3) is 3.29. The van der Waals surface area contributed by atoms with Crippen LogP contribution in [0.2, 0.25) is 0 Å². The number of anilines is 1. The molecule has 0 aliphatic carbocycles. The number of aromatic nitrogens is 4. The van der Waals surface area contributed by atoms with Gasteiger partial charge in [-0.15, -0.1) is 0 Å². The average Bonchev–Trinajstić information content (AvgIpc) is 3.13. The quantitative estimate of drug-likeness (QED) is 0.841. The van der Waals surface area contributed by atoms with Crippen molar-refractivity contribution in [1.29, 1.82) is 0 Å². The standard InChI is InChI=1S/C14H20N6O2S/c1-3-20-12(16-17-14(20)23)10-4-6-19(7-5-10)13(21)15-11-8-9(2)22-18-11/h8,10H,3-7H2,1-2H3,(H,17,23)(H,15,18,21). The van der Waals surface area contributed by atoms with Crippen LogP contribution in [0.4, 0.5) is 10.6 Å². The number of hydrogen-bond acceptors (Lipinski definition) is 5. The fourth-order valence-corrected chi connectivity index (χ4v) is 3.17. The number of aryl methyl sites for hydroxylation is 1. The van der Waals surface area contributed by atoms with Crippen LogP contribution < -0.4 is 5.32 Å². The van der Waals surface area contributed by atoms with E-state index in [0.29, 0.717) is 35.4 Å². The van der Waals surface area contributed by atoms with Crippen LogP contribution in [-0.4, -0.2) is 43.9 Å². The monoisotopic (exact) mass is 336 g/mol. The summed E-state index contributed by atoms with van der Waals surface area (Å²) in [6, 6.07) is 1.55. The van der Waals surface area contributed by atoms with Crippen molar-refractivity contribution < 1.29 is 9.32 Å². The number of carbonyl (C=O) groups is 1. The van der Waals surface area contributed by atoms with Crippen molar-refractivity contribution in [1.82, 2.24) is 24.8 Å². The molecule has 124 valence electrons. The summed E-state index contributed by atoms with van der Waals surface area (Å²) in [6.45, 7) is 6.00. The molecule has 0 spiro atoms. The van der Waals surface area contributed by atoms with Gasteiger partial charge in [0.1, 0.15) is 11.6 Å². The van der Waals surface area contributed by atoms with Gasteiger partial charge in [-0.3, -0.25) is 10.4 Å².